The molecule has 6 heteroatoms. The van der Waals surface area contributed by atoms with E-state index >= 15 is 0 Å². The number of piperidine rings is 1. The lowest BCUT2D eigenvalue weighted by molar-refractivity contribution is -0.131. The summed E-state index contributed by atoms with van der Waals surface area (Å²) < 4.78 is 1.93. The van der Waals surface area contributed by atoms with Crippen LogP contribution in [0.2, 0.25) is 0 Å². The number of rotatable bonds is 3. The van der Waals surface area contributed by atoms with E-state index in [0.29, 0.717) is 23.8 Å². The Kier molecular flexibility index (Phi) is 4.37. The summed E-state index contributed by atoms with van der Waals surface area (Å²) in [5, 5.41) is 0. The summed E-state index contributed by atoms with van der Waals surface area (Å²) >= 11 is 1.57. The predicted octanol–water partition coefficient (Wildman–Crippen LogP) is 2.22. The van der Waals surface area contributed by atoms with Gasteiger partial charge in [-0.05, 0) is 36.8 Å². The van der Waals surface area contributed by atoms with Crippen molar-refractivity contribution >= 4 is 17.7 Å². The Labute approximate surface area is 151 Å². The molecule has 2 bridgehead atoms. The number of aromatic nitrogens is 2. The highest BCUT2D eigenvalue weighted by Crippen LogP contribution is 2.35. The van der Waals surface area contributed by atoms with E-state index in [1.165, 1.54) is 0 Å². The van der Waals surface area contributed by atoms with Gasteiger partial charge >= 0.3 is 0 Å². The maximum Gasteiger partial charge on any atom is 0.258 e. The van der Waals surface area contributed by atoms with Crippen LogP contribution >= 0.6 is 11.8 Å². The Bertz CT molecular complexity index is 849. The number of thioether (sulfide) groups is 1. The average Bonchev–Trinajstić information content (AvgIpc) is 2.63. The molecule has 1 saturated heterocycles. The SMILES string of the molecule is CSCC(=O)N1CC2CC(C1)c1ccc(-c3cccnc3)c(=O)n1C2. The standard InChI is InChI=1S/C19H21N3O2S/c1-25-12-18(23)21-9-13-7-15(11-21)17-5-4-16(19(24)22(17)10-13)14-3-2-6-20-8-14/h2-6,8,13,15H,7,9-12H2,1H3. The number of carbonyl (C=O) groups excluding carboxylic acids is 1. The molecule has 0 radical (unpaired) electrons. The van der Waals surface area contributed by atoms with Crippen molar-refractivity contribution < 1.29 is 4.79 Å². The number of nitrogens with zero attached hydrogens (tertiary/aromatic N) is 3. The molecule has 0 spiro atoms. The van der Waals surface area contributed by atoms with Crippen molar-refractivity contribution in [3.05, 3.63) is 52.7 Å². The van der Waals surface area contributed by atoms with Crippen molar-refractivity contribution in [1.29, 1.82) is 0 Å². The summed E-state index contributed by atoms with van der Waals surface area (Å²) in [6, 6.07) is 7.74. The van der Waals surface area contributed by atoms with Crippen molar-refractivity contribution in [3.63, 3.8) is 0 Å². The number of likely N-dealkylation sites (tertiary alicyclic amines) is 1. The molecule has 4 heterocycles. The van der Waals surface area contributed by atoms with Gasteiger partial charge in [0.15, 0.2) is 0 Å². The van der Waals surface area contributed by atoms with Crippen LogP contribution in [0.25, 0.3) is 11.1 Å². The number of carbonyl (C=O) groups is 1. The number of amides is 1. The molecule has 0 saturated carbocycles. The van der Waals surface area contributed by atoms with Crippen molar-refractivity contribution in [3.8, 4) is 11.1 Å². The van der Waals surface area contributed by atoms with Gasteiger partial charge in [-0.25, -0.2) is 0 Å². The number of fused-ring (bicyclic) bond motifs is 4. The Morgan fingerprint density at radius 3 is 2.92 bits per heavy atom. The van der Waals surface area contributed by atoms with E-state index in [1.54, 1.807) is 24.2 Å². The maximum atomic E-state index is 13.0. The van der Waals surface area contributed by atoms with Crippen LogP contribution in [0.3, 0.4) is 0 Å². The number of hydrogen-bond acceptors (Lipinski definition) is 4. The molecule has 1 amide bonds. The van der Waals surface area contributed by atoms with E-state index in [0.717, 1.165) is 30.8 Å². The van der Waals surface area contributed by atoms with Crippen molar-refractivity contribution in [2.75, 3.05) is 25.1 Å². The Hall–Kier alpha value is -2.08. The highest BCUT2D eigenvalue weighted by Gasteiger charge is 2.36. The van der Waals surface area contributed by atoms with Crippen molar-refractivity contribution in [1.82, 2.24) is 14.5 Å². The topological polar surface area (TPSA) is 55.2 Å². The molecule has 1 fully saturated rings. The summed E-state index contributed by atoms with van der Waals surface area (Å²) in [5.41, 5.74) is 2.68. The van der Waals surface area contributed by atoms with Crippen LogP contribution in [0.5, 0.6) is 0 Å². The minimum absolute atomic E-state index is 0.0593. The molecule has 2 aliphatic heterocycles. The molecule has 2 aromatic rings. The molecule has 2 unspecified atom stereocenters. The minimum Gasteiger partial charge on any atom is -0.341 e. The normalized spacial score (nSPS) is 21.7. The number of pyridine rings is 2. The lowest BCUT2D eigenvalue weighted by Crippen LogP contribution is -2.49. The van der Waals surface area contributed by atoms with E-state index in [2.05, 4.69) is 11.1 Å². The zero-order chi connectivity index (χ0) is 17.4. The molecule has 0 aliphatic carbocycles. The minimum atomic E-state index is 0.0593. The summed E-state index contributed by atoms with van der Waals surface area (Å²) in [6.07, 6.45) is 6.46. The quantitative estimate of drug-likeness (QED) is 0.847. The van der Waals surface area contributed by atoms with Crippen LogP contribution in [0.1, 0.15) is 18.0 Å². The van der Waals surface area contributed by atoms with Gasteiger partial charge in [0.05, 0.1) is 5.75 Å². The molecule has 2 atom stereocenters. The third-order valence-corrected chi connectivity index (χ3v) is 5.73. The van der Waals surface area contributed by atoms with Crippen LogP contribution in [-0.4, -0.2) is 45.5 Å². The van der Waals surface area contributed by atoms with E-state index < -0.39 is 0 Å². The predicted molar refractivity (Wildman–Crippen MR) is 99.7 cm³/mol. The Morgan fingerprint density at radius 1 is 1.28 bits per heavy atom. The molecular formula is C19H21N3O2S. The third kappa shape index (κ3) is 2.99. The van der Waals surface area contributed by atoms with Gasteiger partial charge in [-0.15, -0.1) is 0 Å². The van der Waals surface area contributed by atoms with Crippen LogP contribution in [0, 0.1) is 5.92 Å². The van der Waals surface area contributed by atoms with Crippen LogP contribution in [-0.2, 0) is 11.3 Å². The summed E-state index contributed by atoms with van der Waals surface area (Å²) in [5.74, 6) is 1.37. The van der Waals surface area contributed by atoms with Gasteiger partial charge < -0.3 is 9.47 Å². The first kappa shape index (κ1) is 16.4. The lowest BCUT2D eigenvalue weighted by Gasteiger charge is -2.43. The first-order valence-electron chi connectivity index (χ1n) is 8.58. The zero-order valence-corrected chi connectivity index (χ0v) is 15.0. The van der Waals surface area contributed by atoms with Gasteiger partial charge in [-0.2, -0.15) is 11.8 Å². The summed E-state index contributed by atoms with van der Waals surface area (Å²) in [6.45, 7) is 2.18. The van der Waals surface area contributed by atoms with E-state index in [4.69, 9.17) is 0 Å². The van der Waals surface area contributed by atoms with E-state index in [-0.39, 0.29) is 17.4 Å². The largest absolute Gasteiger partial charge is 0.341 e. The average molecular weight is 355 g/mol. The Morgan fingerprint density at radius 2 is 2.16 bits per heavy atom. The number of hydrogen-bond donors (Lipinski definition) is 0. The summed E-state index contributed by atoms with van der Waals surface area (Å²) in [4.78, 5) is 31.4. The molecule has 0 aromatic carbocycles. The first-order chi connectivity index (χ1) is 12.2. The van der Waals surface area contributed by atoms with Crippen LogP contribution < -0.4 is 5.56 Å². The molecule has 25 heavy (non-hydrogen) atoms. The fraction of sp³-hybridized carbons (Fsp3) is 0.421. The molecule has 2 aliphatic rings. The van der Waals surface area contributed by atoms with Gasteiger partial charge in [0.1, 0.15) is 0 Å². The smallest absolute Gasteiger partial charge is 0.258 e. The van der Waals surface area contributed by atoms with Gasteiger partial charge in [-0.3, -0.25) is 14.6 Å². The van der Waals surface area contributed by atoms with Gasteiger partial charge in [0, 0.05) is 54.8 Å². The van der Waals surface area contributed by atoms with Crippen LogP contribution in [0.15, 0.2) is 41.5 Å². The van der Waals surface area contributed by atoms with Crippen LogP contribution in [0.4, 0.5) is 0 Å². The van der Waals surface area contributed by atoms with Crippen molar-refractivity contribution in [2.45, 2.75) is 18.9 Å². The monoisotopic (exact) mass is 355 g/mol. The second-order valence-electron chi connectivity index (χ2n) is 6.86. The molecule has 2 aromatic heterocycles. The first-order valence-corrected chi connectivity index (χ1v) is 9.97. The highest BCUT2D eigenvalue weighted by molar-refractivity contribution is 7.99. The van der Waals surface area contributed by atoms with Gasteiger partial charge in [0.25, 0.3) is 5.56 Å². The third-order valence-electron chi connectivity index (χ3n) is 5.20. The fourth-order valence-electron chi connectivity index (χ4n) is 4.11. The second kappa shape index (κ2) is 6.67. The molecule has 130 valence electrons. The molecular weight excluding hydrogens is 334 g/mol. The van der Waals surface area contributed by atoms with Gasteiger partial charge in [-0.1, -0.05) is 6.07 Å². The van der Waals surface area contributed by atoms with E-state index in [9.17, 15) is 9.59 Å². The zero-order valence-electron chi connectivity index (χ0n) is 14.2. The molecule has 5 nitrogen and oxygen atoms in total. The molecule has 0 N–H and O–H groups in total. The maximum absolute atomic E-state index is 13.0. The summed E-state index contributed by atoms with van der Waals surface area (Å²) in [7, 11) is 0. The lowest BCUT2D eigenvalue weighted by atomic mass is 9.83. The second-order valence-corrected chi connectivity index (χ2v) is 7.73. The fourth-order valence-corrected chi connectivity index (χ4v) is 4.54. The van der Waals surface area contributed by atoms with Gasteiger partial charge in [0.2, 0.25) is 5.91 Å². The Balaban J connectivity index is 1.68. The van der Waals surface area contributed by atoms with Crippen molar-refractivity contribution in [2.24, 2.45) is 5.92 Å². The van der Waals surface area contributed by atoms with E-state index in [1.807, 2.05) is 33.9 Å². The highest BCUT2D eigenvalue weighted by atomic mass is 32.2. The molecule has 4 rings (SSSR count).